The minimum Gasteiger partial charge on any atom is -0.668 e. The number of phenolic OH excluding ortho intramolecular Hbond substituents is 4. The minimum absolute atomic E-state index is 0.0107. The summed E-state index contributed by atoms with van der Waals surface area (Å²) in [4.78, 5) is 25.6. The van der Waals surface area contributed by atoms with Gasteiger partial charge in [0.1, 0.15) is 17.4 Å². The quantitative estimate of drug-likeness (QED) is 0.0604. The molecule has 0 amide bonds. The number of carbonyl (C=O) groups is 1. The van der Waals surface area contributed by atoms with E-state index in [9.17, 15) is 30.6 Å². The highest BCUT2D eigenvalue weighted by molar-refractivity contribution is 6.01. The number of Topliss-reactive ketones (excluding diaryl/α,β-unsaturated/α-hetero) is 1. The molecule has 0 saturated heterocycles. The van der Waals surface area contributed by atoms with E-state index in [1.165, 1.54) is 20.3 Å². The smallest absolute Gasteiger partial charge is 0.200 e. The van der Waals surface area contributed by atoms with E-state index in [1.807, 2.05) is 49.5 Å². The monoisotopic (exact) mass is 879 g/mol. The number of likely N-dealkylation sites (N-methyl/N-ethyl adjacent to an activating group) is 1. The van der Waals surface area contributed by atoms with Crippen LogP contribution in [0.4, 0.5) is 11.5 Å². The number of nitrogens with zero attached hydrogens (tertiary/aromatic N) is 2. The van der Waals surface area contributed by atoms with Crippen molar-refractivity contribution in [3.8, 4) is 34.5 Å². The molecule has 1 saturated carbocycles. The Morgan fingerprint density at radius 1 is 0.969 bits per heavy atom. The highest BCUT2D eigenvalue weighted by Crippen LogP contribution is 2.57. The van der Waals surface area contributed by atoms with Crippen molar-refractivity contribution in [2.24, 2.45) is 11.8 Å². The molecule has 1 aliphatic heterocycles. The molecule has 3 heterocycles. The van der Waals surface area contributed by atoms with Gasteiger partial charge in [-0.05, 0) is 151 Å². The van der Waals surface area contributed by atoms with Gasteiger partial charge >= 0.3 is 0 Å². The highest BCUT2D eigenvalue weighted by Gasteiger charge is 2.57. The number of nitrogens with one attached hydrogen (secondary N) is 2. The number of benzene rings is 4. The van der Waals surface area contributed by atoms with Gasteiger partial charge in [-0.25, -0.2) is 4.98 Å². The number of fused-ring (bicyclic) bond motifs is 3. The molecule has 8 N–H and O–H groups in total. The number of rotatable bonds is 11. The first-order valence-corrected chi connectivity index (χ1v) is 22.2. The lowest BCUT2D eigenvalue weighted by Crippen LogP contribution is -2.51. The summed E-state index contributed by atoms with van der Waals surface area (Å²) in [6.07, 6.45) is 7.30. The first kappa shape index (κ1) is 43.7. The van der Waals surface area contributed by atoms with Gasteiger partial charge in [0.05, 0.1) is 32.3 Å². The third-order valence-corrected chi connectivity index (χ3v) is 14.4. The van der Waals surface area contributed by atoms with Crippen LogP contribution in [-0.2, 0) is 28.5 Å². The second kappa shape index (κ2) is 17.4. The largest absolute Gasteiger partial charge is 0.668 e. The molecule has 0 radical (unpaired) electrons. The predicted molar refractivity (Wildman–Crippen MR) is 247 cm³/mol. The summed E-state index contributed by atoms with van der Waals surface area (Å²) < 4.78 is 11.0. The number of aliphatic hydroxyl groups excluding tert-OH is 2. The number of phenols is 4. The van der Waals surface area contributed by atoms with Crippen LogP contribution in [-0.4, -0.2) is 81.4 Å². The molecule has 6 aromatic rings. The zero-order valence-electron chi connectivity index (χ0n) is 36.7. The fourth-order valence-electron chi connectivity index (χ4n) is 11.6. The second-order valence-electron chi connectivity index (χ2n) is 18.0. The summed E-state index contributed by atoms with van der Waals surface area (Å²) >= 11 is 0. The van der Waals surface area contributed by atoms with Crippen molar-refractivity contribution >= 4 is 34.1 Å². The molecule has 1 fully saturated rings. The standard InChI is InChI=1S/C52H55N4O9/c1-53-28-51-15-12-31-21-36(57)20-30-8-9-38(48(51)47(30)31)56-46-25-34(14-18-55-46)52(16-13-39(58)37(52)26-35-5-4-17-54-35)49(41(60)11-7-29-6-10-40(59)44(19-29)64-2)42(61)23-33(27-51)32-22-43(62)50(63)45(24-32)65-3/h4-6,8-10,12,14-15,17-22,24-25,33,37,39,41,49,53,57-60,62-63H,7,11,13,16,23,26-28H2,1-3H3,(H,55,56)/q-1/t33-,37+,39+,41+,49-,51-,52-/m0/s1. The molecule has 3 aliphatic rings. The van der Waals surface area contributed by atoms with Gasteiger partial charge in [-0.1, -0.05) is 36.4 Å². The maximum atomic E-state index is 16.1. The molecule has 2 aromatic heterocycles. The summed E-state index contributed by atoms with van der Waals surface area (Å²) in [5.74, 6) is -2.34. The first-order valence-electron chi connectivity index (χ1n) is 22.2. The van der Waals surface area contributed by atoms with Crippen molar-refractivity contribution in [3.05, 3.63) is 131 Å². The van der Waals surface area contributed by atoms with Crippen molar-refractivity contribution < 1.29 is 44.9 Å². The molecule has 9 rings (SSSR count). The van der Waals surface area contributed by atoms with Crippen LogP contribution in [0.15, 0.2) is 97.3 Å². The van der Waals surface area contributed by atoms with E-state index >= 15 is 4.79 Å². The summed E-state index contributed by atoms with van der Waals surface area (Å²) in [6.45, 7) is 0.421. The molecule has 1 spiro atoms. The topological polar surface area (TPSA) is 208 Å². The van der Waals surface area contributed by atoms with Gasteiger partial charge in [-0.3, -0.25) is 4.79 Å². The van der Waals surface area contributed by atoms with Crippen molar-refractivity contribution in [1.29, 1.82) is 0 Å². The number of aromatic nitrogens is 2. The van der Waals surface area contributed by atoms with E-state index < -0.39 is 52.3 Å². The number of aromatic hydroxyl groups is 4. The van der Waals surface area contributed by atoms with Gasteiger partial charge in [-0.15, -0.1) is 0 Å². The van der Waals surface area contributed by atoms with Crippen LogP contribution in [0.25, 0.3) is 16.8 Å². The second-order valence-corrected chi connectivity index (χ2v) is 18.0. The van der Waals surface area contributed by atoms with Gasteiger partial charge in [0.2, 0.25) is 5.75 Å². The van der Waals surface area contributed by atoms with Crippen LogP contribution in [0.2, 0.25) is 0 Å². The third kappa shape index (κ3) is 7.81. The van der Waals surface area contributed by atoms with Crippen LogP contribution in [0.3, 0.4) is 0 Å². The highest BCUT2D eigenvalue weighted by atomic mass is 16.5. The Morgan fingerprint density at radius 3 is 2.57 bits per heavy atom. The Kier molecular flexibility index (Phi) is 11.7. The fourth-order valence-corrected chi connectivity index (χ4v) is 11.6. The summed E-state index contributed by atoms with van der Waals surface area (Å²) in [5.41, 5.74) is 3.42. The summed E-state index contributed by atoms with van der Waals surface area (Å²) in [6, 6.07) is 23.2. The lowest BCUT2D eigenvalue weighted by Gasteiger charge is -2.46. The molecule has 13 nitrogen and oxygen atoms in total. The number of ether oxygens (including phenoxy) is 2. The van der Waals surface area contributed by atoms with Crippen LogP contribution in [0.1, 0.15) is 71.5 Å². The number of hydrogen-bond donors (Lipinski definition) is 8. The van der Waals surface area contributed by atoms with Crippen molar-refractivity contribution in [3.63, 3.8) is 0 Å². The Labute approximate surface area is 377 Å². The average molecular weight is 880 g/mol. The van der Waals surface area contributed by atoms with Crippen molar-refractivity contribution in [1.82, 2.24) is 15.3 Å². The molecular weight excluding hydrogens is 825 g/mol. The number of methoxy groups -OCH3 is 2. The Hall–Kier alpha value is -6.54. The normalized spacial score (nSPS) is 24.2. The van der Waals surface area contributed by atoms with E-state index in [4.69, 9.17) is 14.5 Å². The van der Waals surface area contributed by atoms with Crippen LogP contribution in [0.5, 0.6) is 34.5 Å². The van der Waals surface area contributed by atoms with E-state index in [-0.39, 0.29) is 35.9 Å². The third-order valence-electron chi connectivity index (χ3n) is 14.4. The molecule has 0 unspecified atom stereocenters. The first-order chi connectivity index (χ1) is 31.4. The molecule has 4 aromatic carbocycles. The van der Waals surface area contributed by atoms with E-state index in [2.05, 4.69) is 21.7 Å². The SMILES string of the molecule is CNC[C@@]12C=Cc3cc(O)cc4ccc(c1c34)Nc1cc(ccn1)[C@]1(CC[C@@H](O)[C@H]1Cc1ccc[n-]1)[C@@H]([C@H](O)CCc1ccc(O)c(OC)c1)C(=O)C[C@H](c1cc(O)c(O)c(OC)c1)C2. The number of ketones is 1. The van der Waals surface area contributed by atoms with Crippen LogP contribution >= 0.6 is 0 Å². The van der Waals surface area contributed by atoms with Gasteiger partial charge in [0.25, 0.3) is 0 Å². The zero-order chi connectivity index (χ0) is 45.6. The van der Waals surface area contributed by atoms with Crippen LogP contribution in [0, 0.1) is 11.8 Å². The van der Waals surface area contributed by atoms with E-state index in [0.29, 0.717) is 55.8 Å². The van der Waals surface area contributed by atoms with Crippen molar-refractivity contribution in [2.75, 3.05) is 33.1 Å². The summed E-state index contributed by atoms with van der Waals surface area (Å²) in [7, 11) is 4.75. The lowest BCUT2D eigenvalue weighted by molar-refractivity contribution is -0.132. The molecular formula is C52H55N4O9-. The lowest BCUT2D eigenvalue weighted by atomic mass is 9.58. The fraction of sp³-hybridized carbons (Fsp3) is 0.346. The van der Waals surface area contributed by atoms with E-state index in [0.717, 1.165) is 44.4 Å². The molecule has 2 bridgehead atoms. The van der Waals surface area contributed by atoms with Gasteiger partial charge in [0.15, 0.2) is 23.0 Å². The van der Waals surface area contributed by atoms with Gasteiger partial charge in [0, 0.05) is 35.7 Å². The average Bonchev–Trinajstić information content (AvgIpc) is 3.93. The predicted octanol–water partition coefficient (Wildman–Crippen LogP) is 7.27. The number of pyridine rings is 1. The minimum atomic E-state index is -1.22. The number of aliphatic hydroxyl groups is 2. The molecule has 65 heavy (non-hydrogen) atoms. The Morgan fingerprint density at radius 2 is 1.80 bits per heavy atom. The Balaban J connectivity index is 1.29. The Bertz CT molecular complexity index is 2770. The van der Waals surface area contributed by atoms with Crippen molar-refractivity contribution in [2.45, 2.75) is 73.9 Å². The molecule has 338 valence electrons. The number of hydrogen-bond acceptors (Lipinski definition) is 12. The molecule has 2 aliphatic carbocycles. The maximum Gasteiger partial charge on any atom is 0.200 e. The number of aryl methyl sites for hydroxylation is 1. The maximum absolute atomic E-state index is 16.1. The molecule has 7 atom stereocenters. The molecule has 13 heteroatoms. The van der Waals surface area contributed by atoms with Gasteiger partial charge in [-0.2, -0.15) is 11.9 Å². The van der Waals surface area contributed by atoms with Crippen LogP contribution < -0.4 is 25.1 Å². The van der Waals surface area contributed by atoms with Gasteiger partial charge < -0.3 is 55.7 Å². The zero-order valence-corrected chi connectivity index (χ0v) is 36.7. The number of anilines is 2. The summed E-state index contributed by atoms with van der Waals surface area (Å²) in [5, 5.41) is 77.2. The van der Waals surface area contributed by atoms with E-state index in [1.54, 1.807) is 48.8 Å². The number of carbonyl (C=O) groups excluding carboxylic acids is 1.